The van der Waals surface area contributed by atoms with E-state index in [1.54, 1.807) is 12.1 Å². The first-order valence-electron chi connectivity index (χ1n) is 5.54. The predicted octanol–water partition coefficient (Wildman–Crippen LogP) is 1.32. The van der Waals surface area contributed by atoms with Crippen molar-refractivity contribution < 1.29 is 14.2 Å². The lowest BCUT2D eigenvalue weighted by Crippen LogP contribution is -2.32. The third-order valence-corrected chi connectivity index (χ3v) is 2.48. The third-order valence-electron chi connectivity index (χ3n) is 2.48. The molecule has 0 heterocycles. The van der Waals surface area contributed by atoms with Gasteiger partial charge in [-0.2, -0.15) is 0 Å². The van der Waals surface area contributed by atoms with Crippen LogP contribution in [-0.2, 0) is 0 Å². The average Bonchev–Trinajstić information content (AvgIpc) is 3.09. The third kappa shape index (κ3) is 3.79. The largest absolute Gasteiger partial charge is 0.491 e. The van der Waals surface area contributed by atoms with E-state index in [0.717, 1.165) is 0 Å². The van der Waals surface area contributed by atoms with Crippen LogP contribution in [0.1, 0.15) is 12.8 Å². The monoisotopic (exact) mass is 225 g/mol. The van der Waals surface area contributed by atoms with Gasteiger partial charge in [0, 0.05) is 12.6 Å². The molecule has 1 aliphatic rings. The van der Waals surface area contributed by atoms with E-state index in [1.807, 2.05) is 0 Å². The van der Waals surface area contributed by atoms with Gasteiger partial charge in [-0.05, 0) is 37.1 Å². The van der Waals surface area contributed by atoms with E-state index >= 15 is 0 Å². The lowest BCUT2D eigenvalue weighted by molar-refractivity contribution is 0.106. The van der Waals surface area contributed by atoms with Crippen LogP contribution in [0.4, 0.5) is 4.39 Å². The standard InChI is InChI=1S/C12H16FNO2/c13-9-1-5-12(6-2-9)16-8-11(15)7-14-10-3-4-10/h1-2,5-6,10-11,14-15H,3-4,7-8H2/t11-/m1/s1. The summed E-state index contributed by atoms with van der Waals surface area (Å²) >= 11 is 0. The minimum atomic E-state index is -0.523. The number of ether oxygens (including phenoxy) is 1. The number of aliphatic hydroxyl groups is 1. The van der Waals surface area contributed by atoms with Crippen LogP contribution in [0.2, 0.25) is 0 Å². The molecule has 0 amide bonds. The highest BCUT2D eigenvalue weighted by Crippen LogP contribution is 2.18. The predicted molar refractivity (Wildman–Crippen MR) is 58.9 cm³/mol. The fourth-order valence-electron chi connectivity index (χ4n) is 1.37. The Balaban J connectivity index is 1.67. The quantitative estimate of drug-likeness (QED) is 0.767. The van der Waals surface area contributed by atoms with Gasteiger partial charge in [-0.1, -0.05) is 0 Å². The van der Waals surface area contributed by atoms with E-state index in [4.69, 9.17) is 4.74 Å². The lowest BCUT2D eigenvalue weighted by atomic mass is 10.3. The number of hydrogen-bond acceptors (Lipinski definition) is 3. The summed E-state index contributed by atoms with van der Waals surface area (Å²) < 4.78 is 17.9. The fraction of sp³-hybridized carbons (Fsp3) is 0.500. The van der Waals surface area contributed by atoms with Gasteiger partial charge in [0.1, 0.15) is 24.3 Å². The van der Waals surface area contributed by atoms with E-state index < -0.39 is 6.10 Å². The van der Waals surface area contributed by atoms with Crippen molar-refractivity contribution >= 4 is 0 Å². The summed E-state index contributed by atoms with van der Waals surface area (Å²) in [7, 11) is 0. The molecule has 0 unspecified atom stereocenters. The normalized spacial score (nSPS) is 17.1. The van der Waals surface area contributed by atoms with Crippen molar-refractivity contribution in [2.24, 2.45) is 0 Å². The van der Waals surface area contributed by atoms with Gasteiger partial charge >= 0.3 is 0 Å². The first-order valence-corrected chi connectivity index (χ1v) is 5.54. The smallest absolute Gasteiger partial charge is 0.123 e. The van der Waals surface area contributed by atoms with Crippen molar-refractivity contribution in [3.63, 3.8) is 0 Å². The number of halogens is 1. The molecule has 0 spiro atoms. The van der Waals surface area contributed by atoms with Crippen LogP contribution in [0.3, 0.4) is 0 Å². The van der Waals surface area contributed by atoms with E-state index in [1.165, 1.54) is 25.0 Å². The number of hydrogen-bond donors (Lipinski definition) is 2. The van der Waals surface area contributed by atoms with Crippen LogP contribution in [-0.4, -0.2) is 30.4 Å². The molecule has 1 aromatic rings. The second-order valence-electron chi connectivity index (χ2n) is 4.10. The summed E-state index contributed by atoms with van der Waals surface area (Å²) in [6, 6.07) is 6.36. The zero-order chi connectivity index (χ0) is 11.4. The number of rotatable bonds is 6. The zero-order valence-electron chi connectivity index (χ0n) is 9.03. The lowest BCUT2D eigenvalue weighted by Gasteiger charge is -2.12. The van der Waals surface area contributed by atoms with Crippen LogP contribution in [0, 0.1) is 5.82 Å². The van der Waals surface area contributed by atoms with E-state index in [0.29, 0.717) is 18.3 Å². The first-order chi connectivity index (χ1) is 7.74. The molecule has 2 rings (SSSR count). The highest BCUT2D eigenvalue weighted by molar-refractivity contribution is 5.22. The Labute approximate surface area is 94.2 Å². The Morgan fingerprint density at radius 1 is 1.38 bits per heavy atom. The second-order valence-corrected chi connectivity index (χ2v) is 4.10. The molecular weight excluding hydrogens is 209 g/mol. The minimum absolute atomic E-state index is 0.228. The van der Waals surface area contributed by atoms with Crippen LogP contribution in [0.15, 0.2) is 24.3 Å². The van der Waals surface area contributed by atoms with Crippen LogP contribution < -0.4 is 10.1 Å². The van der Waals surface area contributed by atoms with Gasteiger partial charge in [-0.25, -0.2) is 4.39 Å². The molecule has 16 heavy (non-hydrogen) atoms. The second kappa shape index (κ2) is 5.27. The van der Waals surface area contributed by atoms with Crippen molar-refractivity contribution in [2.75, 3.05) is 13.2 Å². The molecule has 1 fully saturated rings. The molecule has 1 saturated carbocycles. The zero-order valence-corrected chi connectivity index (χ0v) is 9.03. The van der Waals surface area contributed by atoms with Crippen LogP contribution >= 0.6 is 0 Å². The van der Waals surface area contributed by atoms with E-state index in [-0.39, 0.29) is 12.4 Å². The maximum absolute atomic E-state index is 12.6. The molecule has 1 aromatic carbocycles. The van der Waals surface area contributed by atoms with Crippen LogP contribution in [0.25, 0.3) is 0 Å². The Kier molecular flexibility index (Phi) is 3.74. The molecule has 4 heteroatoms. The Morgan fingerprint density at radius 2 is 2.06 bits per heavy atom. The maximum Gasteiger partial charge on any atom is 0.123 e. The van der Waals surface area contributed by atoms with Gasteiger partial charge in [0.05, 0.1) is 0 Å². The molecule has 88 valence electrons. The van der Waals surface area contributed by atoms with Crippen LogP contribution in [0.5, 0.6) is 5.75 Å². The topological polar surface area (TPSA) is 41.5 Å². The van der Waals surface area contributed by atoms with Gasteiger partial charge in [0.2, 0.25) is 0 Å². The van der Waals surface area contributed by atoms with Gasteiger partial charge in [-0.15, -0.1) is 0 Å². The highest BCUT2D eigenvalue weighted by Gasteiger charge is 2.21. The molecule has 0 saturated heterocycles. The summed E-state index contributed by atoms with van der Waals surface area (Å²) in [5, 5.41) is 12.8. The summed E-state index contributed by atoms with van der Waals surface area (Å²) in [5.74, 6) is 0.287. The molecule has 1 aliphatic carbocycles. The van der Waals surface area contributed by atoms with Crippen molar-refractivity contribution in [3.8, 4) is 5.75 Å². The van der Waals surface area contributed by atoms with E-state index in [2.05, 4.69) is 5.32 Å². The maximum atomic E-state index is 12.6. The fourth-order valence-corrected chi connectivity index (χ4v) is 1.37. The highest BCUT2D eigenvalue weighted by atomic mass is 19.1. The molecule has 2 N–H and O–H groups in total. The summed E-state index contributed by atoms with van der Waals surface area (Å²) in [4.78, 5) is 0. The minimum Gasteiger partial charge on any atom is -0.491 e. The van der Waals surface area contributed by atoms with Gasteiger partial charge in [-0.3, -0.25) is 0 Å². The number of benzene rings is 1. The van der Waals surface area contributed by atoms with Gasteiger partial charge < -0.3 is 15.2 Å². The summed E-state index contributed by atoms with van der Waals surface area (Å²) in [6.45, 7) is 0.775. The van der Waals surface area contributed by atoms with Gasteiger partial charge in [0.15, 0.2) is 0 Å². The van der Waals surface area contributed by atoms with Crippen molar-refractivity contribution in [2.45, 2.75) is 25.0 Å². The Hall–Kier alpha value is -1.13. The SMILES string of the molecule is O[C@H](CNC1CC1)COc1ccc(F)cc1. The molecule has 0 radical (unpaired) electrons. The molecule has 0 aliphatic heterocycles. The van der Waals surface area contributed by atoms with Crippen molar-refractivity contribution in [1.29, 1.82) is 0 Å². The van der Waals surface area contributed by atoms with Crippen molar-refractivity contribution in [3.05, 3.63) is 30.1 Å². The molecule has 0 bridgehead atoms. The van der Waals surface area contributed by atoms with Crippen molar-refractivity contribution in [1.82, 2.24) is 5.32 Å². The number of nitrogens with one attached hydrogen (secondary N) is 1. The summed E-state index contributed by atoms with van der Waals surface area (Å²) in [6.07, 6.45) is 1.88. The number of aliphatic hydroxyl groups excluding tert-OH is 1. The molecule has 3 nitrogen and oxygen atoms in total. The molecular formula is C12H16FNO2. The Morgan fingerprint density at radius 3 is 2.69 bits per heavy atom. The summed E-state index contributed by atoms with van der Waals surface area (Å²) in [5.41, 5.74) is 0. The molecule has 0 aromatic heterocycles. The van der Waals surface area contributed by atoms with Gasteiger partial charge in [0.25, 0.3) is 0 Å². The first kappa shape index (κ1) is 11.4. The van der Waals surface area contributed by atoms with E-state index in [9.17, 15) is 9.50 Å². The Bertz CT molecular complexity index is 324. The average molecular weight is 225 g/mol. The molecule has 1 atom stereocenters.